The van der Waals surface area contributed by atoms with Crippen molar-refractivity contribution in [2.24, 2.45) is 5.92 Å². The number of ether oxygens (including phenoxy) is 1. The molecule has 4 N–H and O–H groups in total. The van der Waals surface area contributed by atoms with Crippen molar-refractivity contribution < 1.29 is 19.1 Å². The molecule has 4 amide bonds. The van der Waals surface area contributed by atoms with E-state index in [0.29, 0.717) is 13.0 Å². The molecule has 2 aliphatic rings. The van der Waals surface area contributed by atoms with Gasteiger partial charge in [0.1, 0.15) is 5.25 Å². The molecule has 8 nitrogen and oxygen atoms in total. The van der Waals surface area contributed by atoms with Crippen LogP contribution < -0.4 is 21.3 Å². The Balaban J connectivity index is 1.64. The van der Waals surface area contributed by atoms with Crippen molar-refractivity contribution in [1.82, 2.24) is 16.0 Å². The van der Waals surface area contributed by atoms with Gasteiger partial charge in [-0.2, -0.15) is 0 Å². The average Bonchev–Trinajstić information content (AvgIpc) is 3.03. The Morgan fingerprint density at radius 3 is 2.93 bits per heavy atom. The summed E-state index contributed by atoms with van der Waals surface area (Å²) in [4.78, 5) is 36.0. The molecule has 1 aromatic carbocycles. The van der Waals surface area contributed by atoms with Crippen LogP contribution in [0.15, 0.2) is 18.2 Å². The van der Waals surface area contributed by atoms with E-state index >= 15 is 0 Å². The number of benzene rings is 1. The largest absolute Gasteiger partial charge is 0.383 e. The summed E-state index contributed by atoms with van der Waals surface area (Å²) in [5, 5.41) is 10.8. The number of carbonyl (C=O) groups excluding carboxylic acids is 3. The first-order chi connectivity index (χ1) is 13.4. The second-order valence-corrected chi connectivity index (χ2v) is 8.55. The third kappa shape index (κ3) is 4.77. The first kappa shape index (κ1) is 20.5. The number of rotatable bonds is 7. The minimum absolute atomic E-state index is 0.0152. The van der Waals surface area contributed by atoms with Crippen LogP contribution >= 0.6 is 11.8 Å². The van der Waals surface area contributed by atoms with E-state index in [9.17, 15) is 14.4 Å². The van der Waals surface area contributed by atoms with Crippen LogP contribution in [0.2, 0.25) is 0 Å². The molecule has 28 heavy (non-hydrogen) atoms. The van der Waals surface area contributed by atoms with Crippen LogP contribution in [0.25, 0.3) is 0 Å². The molecular formula is C19H26N4O4S. The van der Waals surface area contributed by atoms with E-state index in [1.165, 1.54) is 11.8 Å². The Hall–Kier alpha value is -2.26. The third-order valence-electron chi connectivity index (χ3n) is 4.91. The van der Waals surface area contributed by atoms with Gasteiger partial charge in [-0.3, -0.25) is 9.59 Å². The van der Waals surface area contributed by atoms with Gasteiger partial charge >= 0.3 is 6.03 Å². The predicted molar refractivity (Wildman–Crippen MR) is 108 cm³/mol. The van der Waals surface area contributed by atoms with Gasteiger partial charge in [-0.05, 0) is 24.1 Å². The number of thioether (sulfide) groups is 1. The van der Waals surface area contributed by atoms with Gasteiger partial charge in [0.2, 0.25) is 11.8 Å². The third-order valence-corrected chi connectivity index (χ3v) is 6.46. The maximum absolute atomic E-state index is 12.9. The van der Waals surface area contributed by atoms with Crippen LogP contribution in [0.1, 0.15) is 31.0 Å². The zero-order valence-corrected chi connectivity index (χ0v) is 17.0. The van der Waals surface area contributed by atoms with Crippen molar-refractivity contribution in [3.8, 4) is 0 Å². The van der Waals surface area contributed by atoms with Gasteiger partial charge < -0.3 is 26.0 Å². The molecule has 1 saturated heterocycles. The molecule has 152 valence electrons. The molecule has 0 bridgehead atoms. The Morgan fingerprint density at radius 1 is 1.39 bits per heavy atom. The van der Waals surface area contributed by atoms with E-state index in [1.54, 1.807) is 7.11 Å². The number of methoxy groups -OCH3 is 1. The highest BCUT2D eigenvalue weighted by atomic mass is 32.2. The number of hydrogen-bond acceptors (Lipinski definition) is 5. The topological polar surface area (TPSA) is 109 Å². The predicted octanol–water partition coefficient (Wildman–Crippen LogP) is 1.38. The minimum Gasteiger partial charge on any atom is -0.383 e. The zero-order valence-electron chi connectivity index (χ0n) is 16.2. The maximum Gasteiger partial charge on any atom is 0.315 e. The summed E-state index contributed by atoms with van der Waals surface area (Å²) in [5.41, 5.74) is 2.71. The quantitative estimate of drug-likeness (QED) is 0.547. The average molecular weight is 407 g/mol. The molecule has 0 saturated carbocycles. The maximum atomic E-state index is 12.9. The molecule has 4 atom stereocenters. The van der Waals surface area contributed by atoms with Gasteiger partial charge in [0.15, 0.2) is 0 Å². The summed E-state index contributed by atoms with van der Waals surface area (Å²) in [6.07, 6.45) is 0.360. The Morgan fingerprint density at radius 2 is 2.18 bits per heavy atom. The number of anilines is 1. The highest BCUT2D eigenvalue weighted by molar-refractivity contribution is 8.01. The van der Waals surface area contributed by atoms with Crippen molar-refractivity contribution in [3.05, 3.63) is 29.3 Å². The highest BCUT2D eigenvalue weighted by Crippen LogP contribution is 2.28. The lowest BCUT2D eigenvalue weighted by molar-refractivity contribution is -0.122. The second-order valence-electron chi connectivity index (χ2n) is 7.20. The number of carbonyl (C=O) groups is 3. The number of urea groups is 1. The Kier molecular flexibility index (Phi) is 6.46. The minimum atomic E-state index is -0.448. The Bertz CT molecular complexity index is 772. The van der Waals surface area contributed by atoms with E-state index < -0.39 is 5.25 Å². The molecule has 0 aliphatic carbocycles. The number of hydrogen-bond donors (Lipinski definition) is 4. The fourth-order valence-electron chi connectivity index (χ4n) is 3.26. The lowest BCUT2D eigenvalue weighted by atomic mass is 10.0. The molecule has 0 radical (unpaired) electrons. The summed E-state index contributed by atoms with van der Waals surface area (Å²) in [7, 11) is 1.55. The van der Waals surface area contributed by atoms with Crippen LogP contribution in [0.5, 0.6) is 0 Å². The molecular weight excluding hydrogens is 380 g/mol. The van der Waals surface area contributed by atoms with E-state index in [1.807, 2.05) is 32.0 Å². The first-order valence-electron chi connectivity index (χ1n) is 9.29. The van der Waals surface area contributed by atoms with Gasteiger partial charge in [-0.15, -0.1) is 11.8 Å². The van der Waals surface area contributed by atoms with Gasteiger partial charge in [-0.1, -0.05) is 19.1 Å². The lowest BCUT2D eigenvalue weighted by Crippen LogP contribution is -2.54. The SMILES string of the molecule is COC[C@H](SC1NC(=O)NCC1C)C(=O)N[C@@H](C)c1ccc2c(c1)CC(=O)N2. The summed E-state index contributed by atoms with van der Waals surface area (Å²) in [6, 6.07) is 5.29. The van der Waals surface area contributed by atoms with Crippen molar-refractivity contribution in [1.29, 1.82) is 0 Å². The molecule has 3 rings (SSSR count). The molecule has 1 fully saturated rings. The molecule has 1 aromatic rings. The van der Waals surface area contributed by atoms with Gasteiger partial charge in [0.25, 0.3) is 0 Å². The summed E-state index contributed by atoms with van der Waals surface area (Å²) >= 11 is 1.40. The van der Waals surface area contributed by atoms with Crippen LogP contribution in [0.4, 0.5) is 10.5 Å². The smallest absolute Gasteiger partial charge is 0.315 e. The lowest BCUT2D eigenvalue weighted by Gasteiger charge is -2.32. The molecule has 2 aliphatic heterocycles. The van der Waals surface area contributed by atoms with Crippen molar-refractivity contribution in [3.63, 3.8) is 0 Å². The number of amides is 4. The van der Waals surface area contributed by atoms with Crippen LogP contribution in [-0.2, 0) is 20.7 Å². The fourth-order valence-corrected chi connectivity index (χ4v) is 4.56. The van der Waals surface area contributed by atoms with E-state index in [4.69, 9.17) is 4.74 Å². The standard InChI is InChI=1S/C19H26N4O4S/c1-10-8-20-19(26)23-18(10)28-15(9-27-3)17(25)21-11(2)12-4-5-14-13(6-12)7-16(24)22-14/h4-6,10-11,15,18H,7-9H2,1-3H3,(H,21,25)(H,22,24)(H2,20,23,26)/t10?,11-,15-,18?/m0/s1. The van der Waals surface area contributed by atoms with Crippen LogP contribution in [0.3, 0.4) is 0 Å². The zero-order chi connectivity index (χ0) is 20.3. The van der Waals surface area contributed by atoms with Crippen LogP contribution in [-0.4, -0.2) is 48.7 Å². The summed E-state index contributed by atoms with van der Waals surface area (Å²) in [6.45, 7) is 4.75. The number of nitrogens with one attached hydrogen (secondary N) is 4. The molecule has 0 spiro atoms. The van der Waals surface area contributed by atoms with Crippen molar-refractivity contribution in [2.75, 3.05) is 25.6 Å². The molecule has 0 aromatic heterocycles. The molecule has 2 unspecified atom stereocenters. The highest BCUT2D eigenvalue weighted by Gasteiger charge is 2.31. The van der Waals surface area contributed by atoms with Gasteiger partial charge in [-0.25, -0.2) is 4.79 Å². The van der Waals surface area contributed by atoms with Crippen LogP contribution in [0, 0.1) is 5.92 Å². The Labute approximate surface area is 168 Å². The van der Waals surface area contributed by atoms with E-state index in [0.717, 1.165) is 16.8 Å². The normalized spacial score (nSPS) is 23.1. The monoisotopic (exact) mass is 406 g/mol. The summed E-state index contributed by atoms with van der Waals surface area (Å²) < 4.78 is 5.23. The van der Waals surface area contributed by atoms with E-state index in [-0.39, 0.29) is 41.8 Å². The second kappa shape index (κ2) is 8.83. The molecule has 2 heterocycles. The fraction of sp³-hybridized carbons (Fsp3) is 0.526. The number of fused-ring (bicyclic) bond motifs is 1. The van der Waals surface area contributed by atoms with E-state index in [2.05, 4.69) is 21.3 Å². The van der Waals surface area contributed by atoms with Crippen molar-refractivity contribution in [2.45, 2.75) is 36.9 Å². The summed E-state index contributed by atoms with van der Waals surface area (Å²) in [5.74, 6) is 0.0293. The van der Waals surface area contributed by atoms with Gasteiger partial charge in [0.05, 0.1) is 24.4 Å². The van der Waals surface area contributed by atoms with Crippen molar-refractivity contribution >= 4 is 35.3 Å². The molecule has 9 heteroatoms. The van der Waals surface area contributed by atoms with Gasteiger partial charge in [0, 0.05) is 25.3 Å². The first-order valence-corrected chi connectivity index (χ1v) is 10.2.